The molecule has 0 saturated heterocycles. The molecule has 0 unspecified atom stereocenters. The lowest BCUT2D eigenvalue weighted by molar-refractivity contribution is -0.137. The minimum absolute atomic E-state index is 0.211. The molecule has 1 heterocycles. The molecule has 0 aliphatic carbocycles. The molecular weight excluding hydrogens is 255 g/mol. The highest BCUT2D eigenvalue weighted by atomic mass is 19.4. The number of nitrogens with zero attached hydrogens (tertiary/aromatic N) is 2. The topological polar surface area (TPSA) is 51.8 Å². The first kappa shape index (κ1) is 13.3. The minimum atomic E-state index is -4.35. The van der Waals surface area contributed by atoms with Gasteiger partial charge in [0, 0.05) is 5.56 Å². The molecule has 0 atom stereocenters. The van der Waals surface area contributed by atoms with E-state index in [1.165, 1.54) is 12.1 Å². The molecule has 2 N–H and O–H groups in total. The van der Waals surface area contributed by atoms with E-state index < -0.39 is 11.7 Å². The van der Waals surface area contributed by atoms with Crippen molar-refractivity contribution in [2.75, 3.05) is 5.73 Å². The first-order chi connectivity index (χ1) is 8.79. The van der Waals surface area contributed by atoms with Crippen LogP contribution in [0.15, 0.2) is 24.3 Å². The Kier molecular flexibility index (Phi) is 3.18. The average molecular weight is 267 g/mol. The second-order valence-electron chi connectivity index (χ2n) is 4.20. The quantitative estimate of drug-likeness (QED) is 0.861. The number of aromatic nitrogens is 2. The van der Waals surface area contributed by atoms with Gasteiger partial charge in [-0.1, -0.05) is 12.1 Å². The summed E-state index contributed by atoms with van der Waals surface area (Å²) in [6, 6.07) is 4.70. The lowest BCUT2D eigenvalue weighted by Gasteiger charge is -2.10. The Balaban J connectivity index is 2.46. The summed E-state index contributed by atoms with van der Waals surface area (Å²) < 4.78 is 37.4. The Labute approximate surface area is 108 Å². The summed E-state index contributed by atoms with van der Waals surface area (Å²) in [5, 5.41) is 0. The molecular formula is C13H12F3N3. The van der Waals surface area contributed by atoms with Crippen molar-refractivity contribution in [1.82, 2.24) is 9.97 Å². The van der Waals surface area contributed by atoms with E-state index in [-0.39, 0.29) is 5.82 Å². The molecule has 0 fully saturated rings. The first-order valence-electron chi connectivity index (χ1n) is 5.57. The predicted molar refractivity (Wildman–Crippen MR) is 66.4 cm³/mol. The highest BCUT2D eigenvalue weighted by molar-refractivity contribution is 5.70. The normalized spacial score (nSPS) is 11.6. The summed E-state index contributed by atoms with van der Waals surface area (Å²) >= 11 is 0. The summed E-state index contributed by atoms with van der Waals surface area (Å²) in [4.78, 5) is 8.38. The summed E-state index contributed by atoms with van der Waals surface area (Å²) in [6.45, 7) is 3.55. The van der Waals surface area contributed by atoms with E-state index >= 15 is 0 Å². The van der Waals surface area contributed by atoms with E-state index in [0.29, 0.717) is 22.6 Å². The van der Waals surface area contributed by atoms with Crippen LogP contribution >= 0.6 is 0 Å². The Bertz CT molecular complexity index is 604. The molecule has 0 radical (unpaired) electrons. The van der Waals surface area contributed by atoms with Crippen molar-refractivity contribution in [3.63, 3.8) is 0 Å². The maximum Gasteiger partial charge on any atom is 0.416 e. The molecule has 0 spiro atoms. The Morgan fingerprint density at radius 2 is 1.47 bits per heavy atom. The number of aryl methyl sites for hydroxylation is 2. The van der Waals surface area contributed by atoms with Crippen LogP contribution in [0.3, 0.4) is 0 Å². The molecule has 0 aliphatic rings. The summed E-state index contributed by atoms with van der Waals surface area (Å²) in [7, 11) is 0. The third kappa shape index (κ3) is 2.67. The van der Waals surface area contributed by atoms with E-state index in [1.807, 2.05) is 0 Å². The van der Waals surface area contributed by atoms with Gasteiger partial charge in [0.2, 0.25) is 0 Å². The molecule has 1 aromatic carbocycles. The number of nitrogens with two attached hydrogens (primary N) is 1. The van der Waals surface area contributed by atoms with Gasteiger partial charge in [0.25, 0.3) is 0 Å². The fourth-order valence-electron chi connectivity index (χ4n) is 1.65. The average Bonchev–Trinajstić information content (AvgIpc) is 2.33. The Hall–Kier alpha value is -2.11. The van der Waals surface area contributed by atoms with Crippen LogP contribution in [-0.4, -0.2) is 9.97 Å². The van der Waals surface area contributed by atoms with Gasteiger partial charge in [0.1, 0.15) is 11.5 Å². The van der Waals surface area contributed by atoms with Gasteiger partial charge < -0.3 is 5.73 Å². The first-order valence-corrected chi connectivity index (χ1v) is 5.57. The number of nitrogen functional groups attached to an aromatic ring is 1. The van der Waals surface area contributed by atoms with Crippen molar-refractivity contribution in [3.8, 4) is 11.3 Å². The van der Waals surface area contributed by atoms with Gasteiger partial charge in [-0.3, -0.25) is 0 Å². The Morgan fingerprint density at radius 1 is 0.947 bits per heavy atom. The number of benzene rings is 1. The third-order valence-electron chi connectivity index (χ3n) is 2.82. The van der Waals surface area contributed by atoms with E-state index in [1.54, 1.807) is 13.8 Å². The fourth-order valence-corrected chi connectivity index (χ4v) is 1.65. The van der Waals surface area contributed by atoms with Gasteiger partial charge >= 0.3 is 6.18 Å². The molecule has 19 heavy (non-hydrogen) atoms. The number of hydrogen-bond donors (Lipinski definition) is 1. The number of hydrogen-bond acceptors (Lipinski definition) is 3. The van der Waals surface area contributed by atoms with Gasteiger partial charge in [-0.15, -0.1) is 0 Å². The molecule has 2 rings (SSSR count). The van der Waals surface area contributed by atoms with Crippen LogP contribution in [0, 0.1) is 13.8 Å². The van der Waals surface area contributed by atoms with Crippen molar-refractivity contribution >= 4 is 5.82 Å². The maximum absolute atomic E-state index is 12.5. The molecule has 100 valence electrons. The van der Waals surface area contributed by atoms with E-state index in [9.17, 15) is 13.2 Å². The summed E-state index contributed by atoms with van der Waals surface area (Å²) in [5.74, 6) is 0.211. The molecule has 0 bridgehead atoms. The van der Waals surface area contributed by atoms with Crippen LogP contribution in [0.5, 0.6) is 0 Å². The third-order valence-corrected chi connectivity index (χ3v) is 2.82. The second-order valence-corrected chi connectivity index (χ2v) is 4.20. The highest BCUT2D eigenvalue weighted by Crippen LogP contribution is 2.31. The van der Waals surface area contributed by atoms with Crippen LogP contribution in [-0.2, 0) is 6.18 Å². The highest BCUT2D eigenvalue weighted by Gasteiger charge is 2.30. The number of halogens is 3. The Morgan fingerprint density at radius 3 is 2.00 bits per heavy atom. The molecule has 2 aromatic rings. The molecule has 6 heteroatoms. The van der Waals surface area contributed by atoms with Gasteiger partial charge in [-0.05, 0) is 26.0 Å². The zero-order valence-electron chi connectivity index (χ0n) is 10.4. The van der Waals surface area contributed by atoms with E-state index in [0.717, 1.165) is 12.1 Å². The van der Waals surface area contributed by atoms with Crippen LogP contribution in [0.1, 0.15) is 17.0 Å². The van der Waals surface area contributed by atoms with Gasteiger partial charge in [0.15, 0.2) is 0 Å². The minimum Gasteiger partial charge on any atom is -0.382 e. The zero-order chi connectivity index (χ0) is 14.2. The van der Waals surface area contributed by atoms with Crippen molar-refractivity contribution in [1.29, 1.82) is 0 Å². The smallest absolute Gasteiger partial charge is 0.382 e. The standard InChI is InChI=1S/C13H12F3N3/c1-7-8(2)19-12(17)11(18-7)9-3-5-10(6-4-9)13(14,15)16/h3-6H,1-2H3,(H2,17,19). The second kappa shape index (κ2) is 4.53. The molecule has 0 saturated carbocycles. The monoisotopic (exact) mass is 267 g/mol. The van der Waals surface area contributed by atoms with Crippen molar-refractivity contribution in [2.24, 2.45) is 0 Å². The van der Waals surface area contributed by atoms with Gasteiger partial charge in [0.05, 0.1) is 17.0 Å². The lowest BCUT2D eigenvalue weighted by atomic mass is 10.1. The van der Waals surface area contributed by atoms with Crippen LogP contribution in [0.2, 0.25) is 0 Å². The van der Waals surface area contributed by atoms with Crippen molar-refractivity contribution in [2.45, 2.75) is 20.0 Å². The number of anilines is 1. The molecule has 0 aliphatic heterocycles. The molecule has 1 aromatic heterocycles. The van der Waals surface area contributed by atoms with Gasteiger partial charge in [-0.2, -0.15) is 13.2 Å². The van der Waals surface area contributed by atoms with Crippen LogP contribution in [0.25, 0.3) is 11.3 Å². The number of alkyl halides is 3. The molecule has 0 amide bonds. The van der Waals surface area contributed by atoms with Crippen molar-refractivity contribution in [3.05, 3.63) is 41.2 Å². The maximum atomic E-state index is 12.5. The van der Waals surface area contributed by atoms with E-state index in [4.69, 9.17) is 5.73 Å². The fraction of sp³-hybridized carbons (Fsp3) is 0.231. The largest absolute Gasteiger partial charge is 0.416 e. The summed E-state index contributed by atoms with van der Waals surface area (Å²) in [6.07, 6.45) is -4.35. The SMILES string of the molecule is Cc1nc(N)c(-c2ccc(C(F)(F)F)cc2)nc1C. The van der Waals surface area contributed by atoms with Crippen LogP contribution < -0.4 is 5.73 Å². The van der Waals surface area contributed by atoms with Crippen LogP contribution in [0.4, 0.5) is 19.0 Å². The van der Waals surface area contributed by atoms with E-state index in [2.05, 4.69) is 9.97 Å². The molecule has 3 nitrogen and oxygen atoms in total. The van der Waals surface area contributed by atoms with Crippen molar-refractivity contribution < 1.29 is 13.2 Å². The number of rotatable bonds is 1. The lowest BCUT2D eigenvalue weighted by Crippen LogP contribution is -2.05. The summed E-state index contributed by atoms with van der Waals surface area (Å²) in [5.41, 5.74) is 7.36. The zero-order valence-corrected chi connectivity index (χ0v) is 10.4. The van der Waals surface area contributed by atoms with Gasteiger partial charge in [-0.25, -0.2) is 9.97 Å². The predicted octanol–water partition coefficient (Wildman–Crippen LogP) is 3.36.